The van der Waals surface area contributed by atoms with Gasteiger partial charge in [0.2, 0.25) is 0 Å². The van der Waals surface area contributed by atoms with Gasteiger partial charge in [0.05, 0.1) is 33.4 Å². The van der Waals surface area contributed by atoms with E-state index >= 15 is 0 Å². The van der Waals surface area contributed by atoms with Crippen LogP contribution in [-0.4, -0.2) is 22.9 Å². The molecule has 0 radical (unpaired) electrons. The summed E-state index contributed by atoms with van der Waals surface area (Å²) in [6.07, 6.45) is 0. The van der Waals surface area contributed by atoms with Gasteiger partial charge in [-0.3, -0.25) is 9.89 Å². The fourth-order valence-electron chi connectivity index (χ4n) is 2.38. The third-order valence-corrected chi connectivity index (χ3v) is 4.71. The van der Waals surface area contributed by atoms with E-state index in [1.807, 2.05) is 0 Å². The highest BCUT2D eigenvalue weighted by Gasteiger charge is 2.17. The maximum Gasteiger partial charge on any atom is 0.337 e. The van der Waals surface area contributed by atoms with Crippen LogP contribution in [0.25, 0.3) is 5.69 Å². The quantitative estimate of drug-likeness (QED) is 0.532. The van der Waals surface area contributed by atoms with Crippen LogP contribution in [0, 0.1) is 0 Å². The van der Waals surface area contributed by atoms with Crippen LogP contribution in [0.3, 0.4) is 0 Å². The minimum absolute atomic E-state index is 0.0999. The molecule has 3 aromatic rings. The molecule has 0 aliphatic heterocycles. The molecule has 0 saturated heterocycles. The molecule has 0 aliphatic rings. The van der Waals surface area contributed by atoms with E-state index in [-0.39, 0.29) is 21.3 Å². The standard InChI is InChI=1S/C17H11Cl4N3O3/c1-27-17(26)8-4-11(20)16(12(21)5-8)24-15(25)7-14(23-24)22-13-3-2-9(18)6-10(13)19/h2-7,22-23H,1H3. The van der Waals surface area contributed by atoms with Gasteiger partial charge in [0.25, 0.3) is 5.56 Å². The van der Waals surface area contributed by atoms with Gasteiger partial charge in [0.1, 0.15) is 11.5 Å². The van der Waals surface area contributed by atoms with E-state index in [1.54, 1.807) is 18.2 Å². The summed E-state index contributed by atoms with van der Waals surface area (Å²) >= 11 is 24.4. The molecule has 0 spiro atoms. The molecular weight excluding hydrogens is 436 g/mol. The maximum atomic E-state index is 12.4. The number of carbonyl (C=O) groups excluding carboxylic acids is 1. The fourth-order valence-corrected chi connectivity index (χ4v) is 3.49. The minimum atomic E-state index is -0.594. The second-order valence-corrected chi connectivity index (χ2v) is 7.03. The van der Waals surface area contributed by atoms with Crippen molar-refractivity contribution in [3.63, 3.8) is 0 Å². The first kappa shape index (κ1) is 19.6. The third-order valence-electron chi connectivity index (χ3n) is 3.58. The molecular formula is C17H11Cl4N3O3. The van der Waals surface area contributed by atoms with Crippen molar-refractivity contribution in [2.75, 3.05) is 12.4 Å². The van der Waals surface area contributed by atoms with Crippen LogP contribution in [0.4, 0.5) is 11.5 Å². The lowest BCUT2D eigenvalue weighted by Gasteiger charge is -2.10. The number of ether oxygens (including phenoxy) is 1. The summed E-state index contributed by atoms with van der Waals surface area (Å²) in [5, 5.41) is 6.90. The fraction of sp³-hybridized carbons (Fsp3) is 0.0588. The molecule has 0 bridgehead atoms. The Morgan fingerprint density at radius 3 is 2.30 bits per heavy atom. The molecule has 1 aromatic heterocycles. The molecule has 0 fully saturated rings. The zero-order valence-corrected chi connectivity index (χ0v) is 16.7. The van der Waals surface area contributed by atoms with Crippen LogP contribution in [0.1, 0.15) is 10.4 Å². The highest BCUT2D eigenvalue weighted by Crippen LogP contribution is 2.31. The average Bonchev–Trinajstić information content (AvgIpc) is 2.96. The van der Waals surface area contributed by atoms with Crippen LogP contribution < -0.4 is 10.9 Å². The number of carbonyl (C=O) groups is 1. The number of hydrogen-bond acceptors (Lipinski definition) is 4. The lowest BCUT2D eigenvalue weighted by atomic mass is 10.2. The van der Waals surface area contributed by atoms with Crippen molar-refractivity contribution in [3.8, 4) is 5.69 Å². The Bertz CT molecular complexity index is 1070. The highest BCUT2D eigenvalue weighted by molar-refractivity contribution is 6.38. The number of hydrogen-bond donors (Lipinski definition) is 2. The first-order valence-corrected chi connectivity index (χ1v) is 8.93. The molecule has 0 amide bonds. The summed E-state index contributed by atoms with van der Waals surface area (Å²) in [7, 11) is 1.24. The van der Waals surface area contributed by atoms with Gasteiger partial charge in [-0.25, -0.2) is 9.48 Å². The van der Waals surface area contributed by atoms with E-state index in [1.165, 1.54) is 25.3 Å². The number of esters is 1. The Morgan fingerprint density at radius 1 is 1.04 bits per heavy atom. The van der Waals surface area contributed by atoms with E-state index in [0.29, 0.717) is 21.6 Å². The molecule has 1 heterocycles. The molecule has 0 saturated carbocycles. The number of anilines is 2. The van der Waals surface area contributed by atoms with E-state index in [4.69, 9.17) is 46.4 Å². The summed E-state index contributed by atoms with van der Waals surface area (Å²) < 4.78 is 5.79. The Morgan fingerprint density at radius 2 is 1.70 bits per heavy atom. The van der Waals surface area contributed by atoms with Crippen molar-refractivity contribution in [3.05, 3.63) is 72.4 Å². The summed E-state index contributed by atoms with van der Waals surface area (Å²) in [5.41, 5.74) is 0.498. The topological polar surface area (TPSA) is 76.1 Å². The van der Waals surface area contributed by atoms with E-state index < -0.39 is 11.5 Å². The van der Waals surface area contributed by atoms with Crippen molar-refractivity contribution in [1.82, 2.24) is 9.78 Å². The van der Waals surface area contributed by atoms with Gasteiger partial charge >= 0.3 is 5.97 Å². The predicted molar refractivity (Wildman–Crippen MR) is 107 cm³/mol. The molecule has 10 heteroatoms. The predicted octanol–water partition coefficient (Wildman–Crippen LogP) is 5.31. The molecule has 140 valence electrons. The molecule has 2 aromatic carbocycles. The zero-order valence-electron chi connectivity index (χ0n) is 13.6. The number of benzene rings is 2. The summed E-state index contributed by atoms with van der Waals surface area (Å²) in [4.78, 5) is 24.0. The van der Waals surface area contributed by atoms with Crippen LogP contribution in [0.15, 0.2) is 41.2 Å². The molecule has 27 heavy (non-hydrogen) atoms. The summed E-state index contributed by atoms with van der Waals surface area (Å²) in [5.74, 6) is -0.239. The molecule has 6 nitrogen and oxygen atoms in total. The number of rotatable bonds is 4. The largest absolute Gasteiger partial charge is 0.465 e. The Labute approximate surface area is 173 Å². The van der Waals surface area contributed by atoms with Gasteiger partial charge in [-0.05, 0) is 30.3 Å². The normalized spacial score (nSPS) is 10.7. The first-order chi connectivity index (χ1) is 12.8. The smallest absolute Gasteiger partial charge is 0.337 e. The van der Waals surface area contributed by atoms with E-state index in [0.717, 1.165) is 4.68 Å². The number of nitrogens with one attached hydrogen (secondary N) is 2. The lowest BCUT2D eigenvalue weighted by molar-refractivity contribution is 0.0600. The Hall–Kier alpha value is -2.12. The van der Waals surface area contributed by atoms with Gasteiger partial charge in [-0.1, -0.05) is 46.4 Å². The van der Waals surface area contributed by atoms with Crippen LogP contribution in [0.5, 0.6) is 0 Å². The Balaban J connectivity index is 2.00. The summed E-state index contributed by atoms with van der Waals surface area (Å²) in [6, 6.07) is 8.94. The first-order valence-electron chi connectivity index (χ1n) is 7.42. The maximum absolute atomic E-state index is 12.4. The molecule has 3 rings (SSSR count). The van der Waals surface area contributed by atoms with Crippen LogP contribution >= 0.6 is 46.4 Å². The minimum Gasteiger partial charge on any atom is -0.465 e. The van der Waals surface area contributed by atoms with Gasteiger partial charge in [0.15, 0.2) is 0 Å². The third kappa shape index (κ3) is 4.09. The van der Waals surface area contributed by atoms with E-state index in [2.05, 4.69) is 15.2 Å². The molecule has 0 aliphatic carbocycles. The van der Waals surface area contributed by atoms with Crippen LogP contribution in [-0.2, 0) is 4.74 Å². The Kier molecular flexibility index (Phi) is 5.72. The number of aromatic amines is 1. The summed E-state index contributed by atoms with van der Waals surface area (Å²) in [6.45, 7) is 0. The average molecular weight is 447 g/mol. The van der Waals surface area contributed by atoms with Crippen LogP contribution in [0.2, 0.25) is 20.1 Å². The van der Waals surface area contributed by atoms with E-state index in [9.17, 15) is 9.59 Å². The van der Waals surface area contributed by atoms with Gasteiger partial charge in [0, 0.05) is 11.1 Å². The van der Waals surface area contributed by atoms with Gasteiger partial charge < -0.3 is 10.1 Å². The van der Waals surface area contributed by atoms with Gasteiger partial charge in [-0.15, -0.1) is 0 Å². The van der Waals surface area contributed by atoms with Crippen molar-refractivity contribution in [2.45, 2.75) is 0 Å². The number of halogens is 4. The van der Waals surface area contributed by atoms with Crippen molar-refractivity contribution in [1.29, 1.82) is 0 Å². The SMILES string of the molecule is COC(=O)c1cc(Cl)c(-n2[nH]c(Nc3ccc(Cl)cc3Cl)cc2=O)c(Cl)c1. The molecule has 0 atom stereocenters. The molecule has 0 unspecified atom stereocenters. The second-order valence-electron chi connectivity index (χ2n) is 5.37. The van der Waals surface area contributed by atoms with Crippen molar-refractivity contribution >= 4 is 63.9 Å². The number of aromatic nitrogens is 2. The van der Waals surface area contributed by atoms with Crippen molar-refractivity contribution < 1.29 is 9.53 Å². The second kappa shape index (κ2) is 7.86. The number of nitrogens with zero attached hydrogens (tertiary/aromatic N) is 1. The number of methoxy groups -OCH3 is 1. The zero-order chi connectivity index (χ0) is 19.7. The molecule has 2 N–H and O–H groups in total. The van der Waals surface area contributed by atoms with Crippen molar-refractivity contribution in [2.24, 2.45) is 0 Å². The monoisotopic (exact) mass is 445 g/mol. The highest BCUT2D eigenvalue weighted by atomic mass is 35.5. The number of H-pyrrole nitrogens is 1. The lowest BCUT2D eigenvalue weighted by Crippen LogP contribution is -2.15. The van der Waals surface area contributed by atoms with Gasteiger partial charge in [-0.2, -0.15) is 0 Å².